The first-order chi connectivity index (χ1) is 6.03. The fraction of sp³-hybridized carbons (Fsp3) is 1.00. The summed E-state index contributed by atoms with van der Waals surface area (Å²) in [6, 6.07) is 0. The minimum absolute atomic E-state index is 0.00414. The third-order valence-electron chi connectivity index (χ3n) is 2.16. The van der Waals surface area contributed by atoms with Crippen LogP contribution < -0.4 is 0 Å². The first-order valence-electron chi connectivity index (χ1n) is 4.06. The Bertz CT molecular complexity index is 245. The van der Waals surface area contributed by atoms with E-state index >= 15 is 0 Å². The molecule has 1 rings (SSSR count). The fourth-order valence-corrected chi connectivity index (χ4v) is 2.24. The van der Waals surface area contributed by atoms with Gasteiger partial charge in [0.05, 0.1) is 12.7 Å². The summed E-state index contributed by atoms with van der Waals surface area (Å²) >= 11 is 0. The number of rotatable bonds is 4. The predicted octanol–water partition coefficient (Wildman–Crippen LogP) is 0.337. The monoisotopic (exact) mass is 212 g/mol. The SMILES string of the molecule is COC(CS(=O)(=O)F)C1CCOC1. The standard InChI is InChI=1S/C7H13FO4S/c1-11-7(5-13(8,9)10)6-2-3-12-4-6/h6-7H,2-5H2,1H3. The van der Waals surface area contributed by atoms with Crippen molar-refractivity contribution in [3.63, 3.8) is 0 Å². The molecule has 1 aliphatic heterocycles. The van der Waals surface area contributed by atoms with Crippen molar-refractivity contribution in [2.75, 3.05) is 26.1 Å². The van der Waals surface area contributed by atoms with E-state index in [1.54, 1.807) is 0 Å². The minimum atomic E-state index is -4.45. The van der Waals surface area contributed by atoms with E-state index in [4.69, 9.17) is 9.47 Å². The van der Waals surface area contributed by atoms with Gasteiger partial charge in [0.1, 0.15) is 5.75 Å². The first kappa shape index (κ1) is 10.9. The molecule has 4 nitrogen and oxygen atoms in total. The second-order valence-electron chi connectivity index (χ2n) is 3.10. The lowest BCUT2D eigenvalue weighted by molar-refractivity contribution is 0.0605. The quantitative estimate of drug-likeness (QED) is 0.630. The van der Waals surface area contributed by atoms with E-state index in [1.807, 2.05) is 0 Å². The molecule has 1 aliphatic rings. The molecule has 1 fully saturated rings. The summed E-state index contributed by atoms with van der Waals surface area (Å²) in [5.74, 6) is -0.576. The van der Waals surface area contributed by atoms with Gasteiger partial charge in [0, 0.05) is 19.6 Å². The van der Waals surface area contributed by atoms with Crippen LogP contribution in [-0.2, 0) is 19.7 Å². The molecule has 0 aromatic rings. The smallest absolute Gasteiger partial charge is 0.304 e. The molecule has 0 spiro atoms. The van der Waals surface area contributed by atoms with E-state index in [0.29, 0.717) is 13.2 Å². The molecule has 0 aromatic carbocycles. The molecular weight excluding hydrogens is 199 g/mol. The maximum atomic E-state index is 12.3. The van der Waals surface area contributed by atoms with Crippen molar-refractivity contribution in [3.8, 4) is 0 Å². The lowest BCUT2D eigenvalue weighted by atomic mass is 10.0. The van der Waals surface area contributed by atoms with Gasteiger partial charge in [0.25, 0.3) is 0 Å². The third-order valence-corrected chi connectivity index (χ3v) is 2.88. The highest BCUT2D eigenvalue weighted by atomic mass is 32.3. The van der Waals surface area contributed by atoms with Crippen LogP contribution in [-0.4, -0.2) is 40.6 Å². The molecule has 0 saturated carbocycles. The summed E-state index contributed by atoms with van der Waals surface area (Å²) in [5.41, 5.74) is 0. The van der Waals surface area contributed by atoms with Crippen molar-refractivity contribution in [3.05, 3.63) is 0 Å². The maximum Gasteiger partial charge on any atom is 0.304 e. The van der Waals surface area contributed by atoms with Gasteiger partial charge in [-0.2, -0.15) is 8.42 Å². The Kier molecular flexibility index (Phi) is 3.63. The molecule has 78 valence electrons. The van der Waals surface area contributed by atoms with Crippen LogP contribution in [0.1, 0.15) is 6.42 Å². The minimum Gasteiger partial charge on any atom is -0.381 e. The zero-order chi connectivity index (χ0) is 9.90. The molecular formula is C7H13FO4S. The lowest BCUT2D eigenvalue weighted by Gasteiger charge is -2.18. The average molecular weight is 212 g/mol. The number of hydrogen-bond donors (Lipinski definition) is 0. The number of ether oxygens (including phenoxy) is 2. The van der Waals surface area contributed by atoms with Crippen molar-refractivity contribution in [2.45, 2.75) is 12.5 Å². The van der Waals surface area contributed by atoms with Gasteiger partial charge in [0.15, 0.2) is 0 Å². The summed E-state index contributed by atoms with van der Waals surface area (Å²) in [7, 11) is -3.07. The van der Waals surface area contributed by atoms with Gasteiger partial charge in [-0.25, -0.2) is 0 Å². The van der Waals surface area contributed by atoms with Crippen LogP contribution in [0.5, 0.6) is 0 Å². The van der Waals surface area contributed by atoms with Gasteiger partial charge < -0.3 is 9.47 Å². The van der Waals surface area contributed by atoms with Crippen molar-refractivity contribution < 1.29 is 21.8 Å². The van der Waals surface area contributed by atoms with Crippen molar-refractivity contribution in [1.82, 2.24) is 0 Å². The summed E-state index contributed by atoms with van der Waals surface area (Å²) in [5, 5.41) is 0. The van der Waals surface area contributed by atoms with Crippen molar-refractivity contribution >= 4 is 10.2 Å². The van der Waals surface area contributed by atoms with Crippen LogP contribution in [0.3, 0.4) is 0 Å². The van der Waals surface area contributed by atoms with Crippen LogP contribution in [0.25, 0.3) is 0 Å². The Balaban J connectivity index is 2.51. The first-order valence-corrected chi connectivity index (χ1v) is 5.61. The Labute approximate surface area is 77.2 Å². The van der Waals surface area contributed by atoms with Gasteiger partial charge in [-0.15, -0.1) is 3.89 Å². The second kappa shape index (κ2) is 4.34. The van der Waals surface area contributed by atoms with Gasteiger partial charge in [-0.3, -0.25) is 0 Å². The Morgan fingerprint density at radius 2 is 2.38 bits per heavy atom. The summed E-state index contributed by atoms with van der Waals surface area (Å²) in [6.45, 7) is 1.05. The van der Waals surface area contributed by atoms with Gasteiger partial charge in [-0.05, 0) is 6.42 Å². The largest absolute Gasteiger partial charge is 0.381 e. The zero-order valence-corrected chi connectivity index (χ0v) is 8.22. The number of hydrogen-bond acceptors (Lipinski definition) is 4. The van der Waals surface area contributed by atoms with Gasteiger partial charge in [0.2, 0.25) is 0 Å². The van der Waals surface area contributed by atoms with Gasteiger partial charge >= 0.3 is 10.2 Å². The van der Waals surface area contributed by atoms with Crippen molar-refractivity contribution in [1.29, 1.82) is 0 Å². The van der Waals surface area contributed by atoms with E-state index in [1.165, 1.54) is 7.11 Å². The molecule has 6 heteroatoms. The second-order valence-corrected chi connectivity index (χ2v) is 4.51. The number of methoxy groups -OCH3 is 1. The molecule has 0 radical (unpaired) electrons. The van der Waals surface area contributed by atoms with Crippen LogP contribution in [0.4, 0.5) is 3.89 Å². The molecule has 0 bridgehead atoms. The molecule has 1 saturated heterocycles. The molecule has 0 aliphatic carbocycles. The highest BCUT2D eigenvalue weighted by Crippen LogP contribution is 2.20. The average Bonchev–Trinajstić information content (AvgIpc) is 2.50. The van der Waals surface area contributed by atoms with Crippen LogP contribution >= 0.6 is 0 Å². The number of halogens is 1. The van der Waals surface area contributed by atoms with Crippen LogP contribution in [0, 0.1) is 5.92 Å². The van der Waals surface area contributed by atoms with E-state index in [-0.39, 0.29) is 5.92 Å². The van der Waals surface area contributed by atoms with E-state index in [2.05, 4.69) is 0 Å². The normalized spacial score (nSPS) is 26.2. The lowest BCUT2D eigenvalue weighted by Crippen LogP contribution is -2.29. The van der Waals surface area contributed by atoms with E-state index in [9.17, 15) is 12.3 Å². The molecule has 0 aromatic heterocycles. The zero-order valence-electron chi connectivity index (χ0n) is 7.40. The van der Waals surface area contributed by atoms with E-state index in [0.717, 1.165) is 6.42 Å². The molecule has 0 N–H and O–H groups in total. The Morgan fingerprint density at radius 3 is 2.77 bits per heavy atom. The molecule has 0 amide bonds. The Hall–Kier alpha value is -0.200. The topological polar surface area (TPSA) is 52.6 Å². The van der Waals surface area contributed by atoms with Gasteiger partial charge in [-0.1, -0.05) is 0 Å². The van der Waals surface area contributed by atoms with Crippen LogP contribution in [0.15, 0.2) is 0 Å². The molecule has 2 atom stereocenters. The fourth-order valence-electron chi connectivity index (χ4n) is 1.44. The van der Waals surface area contributed by atoms with Crippen LogP contribution in [0.2, 0.25) is 0 Å². The van der Waals surface area contributed by atoms with Crippen molar-refractivity contribution in [2.24, 2.45) is 5.92 Å². The summed E-state index contributed by atoms with van der Waals surface area (Å²) in [4.78, 5) is 0. The Morgan fingerprint density at radius 1 is 1.69 bits per heavy atom. The molecule has 1 heterocycles. The molecule has 2 unspecified atom stereocenters. The highest BCUT2D eigenvalue weighted by Gasteiger charge is 2.29. The summed E-state index contributed by atoms with van der Waals surface area (Å²) in [6.07, 6.45) is 0.145. The third kappa shape index (κ3) is 3.58. The maximum absolute atomic E-state index is 12.3. The predicted molar refractivity (Wildman–Crippen MR) is 44.6 cm³/mol. The van der Waals surface area contributed by atoms with E-state index < -0.39 is 22.1 Å². The molecule has 13 heavy (non-hydrogen) atoms. The summed E-state index contributed by atoms with van der Waals surface area (Å²) < 4.78 is 43.0. The highest BCUT2D eigenvalue weighted by molar-refractivity contribution is 7.86.